The molecule has 5 rings (SSSR count). The number of ether oxygens (including phenoxy) is 1. The summed E-state index contributed by atoms with van der Waals surface area (Å²) in [5, 5.41) is 0. The van der Waals surface area contributed by atoms with Crippen LogP contribution in [-0.2, 0) is 9.53 Å². The summed E-state index contributed by atoms with van der Waals surface area (Å²) in [6.45, 7) is 7.67. The van der Waals surface area contributed by atoms with Gasteiger partial charge in [-0.3, -0.25) is 4.79 Å². The van der Waals surface area contributed by atoms with Crippen LogP contribution < -0.4 is 0 Å². The van der Waals surface area contributed by atoms with Crippen molar-refractivity contribution in [2.75, 3.05) is 6.61 Å². The van der Waals surface area contributed by atoms with Crippen molar-refractivity contribution < 1.29 is 9.53 Å². The second-order valence-electron chi connectivity index (χ2n) is 9.05. The van der Waals surface area contributed by atoms with Gasteiger partial charge in [-0.1, -0.05) is 31.2 Å². The third-order valence-electron chi connectivity index (χ3n) is 8.32. The van der Waals surface area contributed by atoms with Gasteiger partial charge in [-0.05, 0) is 73.8 Å². The Morgan fingerprint density at radius 1 is 1.21 bits per heavy atom. The maximum Gasteiger partial charge on any atom is 0.156 e. The molecule has 2 nitrogen and oxygen atoms in total. The molecule has 1 aliphatic heterocycles. The molecule has 3 saturated carbocycles. The molecule has 0 radical (unpaired) electrons. The number of rotatable bonds is 0. The number of hydrogen-bond donors (Lipinski definition) is 0. The van der Waals surface area contributed by atoms with Crippen LogP contribution in [-0.4, -0.2) is 18.0 Å². The predicted octanol–water partition coefficient (Wildman–Crippen LogP) is 4.62. The number of allylic oxidation sites excluding steroid dienone is 2. The Balaban J connectivity index is 1.51. The lowest BCUT2D eigenvalue weighted by atomic mass is 9.50. The van der Waals surface area contributed by atoms with E-state index in [0.717, 1.165) is 43.6 Å². The van der Waals surface area contributed by atoms with Gasteiger partial charge in [0.1, 0.15) is 0 Å². The highest BCUT2D eigenvalue weighted by atomic mass is 16.5. The molecule has 0 N–H and O–H groups in total. The van der Waals surface area contributed by atoms with Crippen LogP contribution >= 0.6 is 0 Å². The van der Waals surface area contributed by atoms with Crippen molar-refractivity contribution >= 4 is 5.78 Å². The molecule has 3 fully saturated rings. The lowest BCUT2D eigenvalue weighted by Crippen LogP contribution is -2.52. The van der Waals surface area contributed by atoms with E-state index in [9.17, 15) is 4.79 Å². The van der Waals surface area contributed by atoms with Crippen LogP contribution in [0.2, 0.25) is 0 Å². The minimum Gasteiger partial charge on any atom is -0.366 e. The fraction of sp³-hybridized carbons (Fsp3) is 0.682. The summed E-state index contributed by atoms with van der Waals surface area (Å²) in [6, 6.07) is 0. The summed E-state index contributed by atoms with van der Waals surface area (Å²) in [6.07, 6.45) is 14.5. The van der Waals surface area contributed by atoms with Gasteiger partial charge in [0.05, 0.1) is 12.2 Å². The van der Waals surface area contributed by atoms with Gasteiger partial charge in [-0.2, -0.15) is 0 Å². The SMILES string of the molecule is C=C1CC2C(CC[C@@]3(C)C2CC[C@@]32C=CCO2)[C@H]2CCC(=O)C=C12. The van der Waals surface area contributed by atoms with Gasteiger partial charge < -0.3 is 4.74 Å². The standard InChI is InChI=1S/C22H28O2/c1-14-12-19-17(16-5-4-15(23)13-18(14)16)6-9-21(2)20(19)7-10-22(21)8-3-11-24-22/h3,8,13,16-17,19-20H,1,4-7,9-12H2,2H3/t16-,17?,19?,20?,21+,22+/m1/s1. The van der Waals surface area contributed by atoms with E-state index in [2.05, 4.69) is 25.7 Å². The van der Waals surface area contributed by atoms with E-state index in [0.29, 0.717) is 11.7 Å². The quantitative estimate of drug-likeness (QED) is 0.608. The largest absolute Gasteiger partial charge is 0.366 e. The molecule has 0 aromatic carbocycles. The molecule has 0 saturated heterocycles. The normalized spacial score (nSPS) is 49.8. The molecule has 0 bridgehead atoms. The molecular weight excluding hydrogens is 296 g/mol. The Labute approximate surface area is 145 Å². The van der Waals surface area contributed by atoms with Crippen molar-refractivity contribution in [3.05, 3.63) is 36.0 Å². The first kappa shape index (κ1) is 15.1. The highest BCUT2D eigenvalue weighted by Gasteiger charge is 2.63. The van der Waals surface area contributed by atoms with E-state index in [1.165, 1.54) is 36.8 Å². The zero-order chi connectivity index (χ0) is 16.5. The van der Waals surface area contributed by atoms with Crippen molar-refractivity contribution in [3.63, 3.8) is 0 Å². The first-order chi connectivity index (χ1) is 11.5. The summed E-state index contributed by atoms with van der Waals surface area (Å²) in [4.78, 5) is 11.9. The molecule has 2 heteroatoms. The molecule has 1 heterocycles. The molecule has 1 spiro atoms. The summed E-state index contributed by atoms with van der Waals surface area (Å²) in [5.74, 6) is 3.15. The van der Waals surface area contributed by atoms with Crippen LogP contribution in [0.25, 0.3) is 0 Å². The lowest BCUT2D eigenvalue weighted by molar-refractivity contribution is -0.117. The second-order valence-corrected chi connectivity index (χ2v) is 9.05. The van der Waals surface area contributed by atoms with E-state index >= 15 is 0 Å². The molecule has 3 unspecified atom stereocenters. The number of carbonyl (C=O) groups excluding carboxylic acids is 1. The van der Waals surface area contributed by atoms with Gasteiger partial charge in [-0.25, -0.2) is 0 Å². The van der Waals surface area contributed by atoms with Crippen molar-refractivity contribution in [2.24, 2.45) is 29.1 Å². The Bertz CT molecular complexity index is 671. The van der Waals surface area contributed by atoms with Gasteiger partial charge >= 0.3 is 0 Å². The lowest BCUT2D eigenvalue weighted by Gasteiger charge is -2.56. The summed E-state index contributed by atoms with van der Waals surface area (Å²) >= 11 is 0. The maximum absolute atomic E-state index is 11.9. The van der Waals surface area contributed by atoms with E-state index in [1.54, 1.807) is 0 Å². The molecule has 0 aromatic heterocycles. The summed E-state index contributed by atoms with van der Waals surface area (Å²) in [7, 11) is 0. The topological polar surface area (TPSA) is 26.3 Å². The molecule has 24 heavy (non-hydrogen) atoms. The highest BCUT2D eigenvalue weighted by Crippen LogP contribution is 2.67. The summed E-state index contributed by atoms with van der Waals surface area (Å²) in [5.41, 5.74) is 2.85. The Kier molecular flexibility index (Phi) is 3.11. The number of fused-ring (bicyclic) bond motifs is 6. The van der Waals surface area contributed by atoms with Crippen LogP contribution in [0.5, 0.6) is 0 Å². The van der Waals surface area contributed by atoms with E-state index in [1.807, 2.05) is 6.08 Å². The highest BCUT2D eigenvalue weighted by molar-refractivity contribution is 5.92. The fourth-order valence-electron chi connectivity index (χ4n) is 7.15. The predicted molar refractivity (Wildman–Crippen MR) is 94.4 cm³/mol. The van der Waals surface area contributed by atoms with Crippen molar-refractivity contribution in [1.29, 1.82) is 0 Å². The molecule has 0 amide bonds. The van der Waals surface area contributed by atoms with Gasteiger partial charge in [0.15, 0.2) is 5.78 Å². The van der Waals surface area contributed by atoms with Crippen LogP contribution in [0.1, 0.15) is 51.9 Å². The molecule has 0 aromatic rings. The Hall–Kier alpha value is -1.15. The molecule has 6 atom stereocenters. The van der Waals surface area contributed by atoms with Crippen LogP contribution in [0.15, 0.2) is 36.0 Å². The zero-order valence-corrected chi connectivity index (χ0v) is 14.7. The Morgan fingerprint density at radius 3 is 2.88 bits per heavy atom. The van der Waals surface area contributed by atoms with E-state index in [4.69, 9.17) is 4.74 Å². The van der Waals surface area contributed by atoms with Gasteiger partial charge in [0.2, 0.25) is 0 Å². The van der Waals surface area contributed by atoms with Crippen LogP contribution in [0.3, 0.4) is 0 Å². The van der Waals surface area contributed by atoms with Gasteiger partial charge in [-0.15, -0.1) is 0 Å². The second kappa shape index (κ2) is 4.94. The first-order valence-electron chi connectivity index (χ1n) is 9.78. The maximum atomic E-state index is 11.9. The summed E-state index contributed by atoms with van der Waals surface area (Å²) < 4.78 is 6.31. The van der Waals surface area contributed by atoms with Crippen molar-refractivity contribution in [1.82, 2.24) is 0 Å². The number of ketones is 1. The van der Waals surface area contributed by atoms with Crippen molar-refractivity contribution in [2.45, 2.75) is 57.5 Å². The molecule has 128 valence electrons. The average molecular weight is 324 g/mol. The fourth-order valence-corrected chi connectivity index (χ4v) is 7.15. The Morgan fingerprint density at radius 2 is 2.08 bits per heavy atom. The number of carbonyl (C=O) groups is 1. The van der Waals surface area contributed by atoms with E-state index in [-0.39, 0.29) is 11.0 Å². The van der Waals surface area contributed by atoms with E-state index < -0.39 is 0 Å². The first-order valence-corrected chi connectivity index (χ1v) is 9.78. The third kappa shape index (κ3) is 1.78. The molecule has 4 aliphatic carbocycles. The van der Waals surface area contributed by atoms with Crippen LogP contribution in [0.4, 0.5) is 0 Å². The van der Waals surface area contributed by atoms with Crippen molar-refractivity contribution in [3.8, 4) is 0 Å². The van der Waals surface area contributed by atoms with Gasteiger partial charge in [0, 0.05) is 11.8 Å². The smallest absolute Gasteiger partial charge is 0.156 e. The third-order valence-corrected chi connectivity index (χ3v) is 8.32. The monoisotopic (exact) mass is 324 g/mol. The average Bonchev–Trinajstić information content (AvgIpc) is 3.15. The zero-order valence-electron chi connectivity index (χ0n) is 14.7. The van der Waals surface area contributed by atoms with Gasteiger partial charge in [0.25, 0.3) is 0 Å². The minimum absolute atomic E-state index is 0.00260. The molecule has 5 aliphatic rings. The molecular formula is C22H28O2. The van der Waals surface area contributed by atoms with Crippen LogP contribution in [0, 0.1) is 29.1 Å². The number of hydrogen-bond acceptors (Lipinski definition) is 2. The minimum atomic E-state index is 0.00260.